The lowest BCUT2D eigenvalue weighted by Crippen LogP contribution is -2.69. The molecule has 0 unspecified atom stereocenters. The molecule has 0 aliphatic carbocycles. The Labute approximate surface area is 86.0 Å². The van der Waals surface area contributed by atoms with Crippen LogP contribution < -0.4 is 5.73 Å². The van der Waals surface area contributed by atoms with E-state index in [2.05, 4.69) is 5.73 Å². The molecule has 0 bridgehead atoms. The molecule has 0 saturated heterocycles. The Balaban J connectivity index is 5.73. The van der Waals surface area contributed by atoms with Gasteiger partial charge in [0.1, 0.15) is 0 Å². The van der Waals surface area contributed by atoms with Crippen molar-refractivity contribution in [2.45, 2.75) is 29.9 Å². The minimum absolute atomic E-state index is 3.22. The fraction of sp³-hybridized carbons (Fsp3) is 1.00. The smallest absolute Gasteiger partial charge is 0.331 e. The third-order valence-corrected chi connectivity index (χ3v) is 1.59. The van der Waals surface area contributed by atoms with Crippen LogP contribution in [0.1, 0.15) is 0 Å². The van der Waals surface area contributed by atoms with Gasteiger partial charge in [-0.05, 0) is 0 Å². The molecule has 0 aliphatic rings. The number of hydrogen-bond donors (Lipinski definition) is 2. The molecule has 0 aromatic carbocycles. The van der Waals surface area contributed by atoms with Crippen LogP contribution in [0.3, 0.4) is 0 Å². The molecular weight excluding hydrogens is 280 g/mol. The Morgan fingerprint density at radius 3 is 1.06 bits per heavy atom. The highest BCUT2D eigenvalue weighted by molar-refractivity contribution is 5.04. The molecule has 0 atom stereocenters. The van der Waals surface area contributed by atoms with Crippen LogP contribution in [0.5, 0.6) is 0 Å². The third-order valence-electron chi connectivity index (χ3n) is 1.59. The summed E-state index contributed by atoms with van der Waals surface area (Å²) in [7, 11) is 0. The van der Waals surface area contributed by atoms with Gasteiger partial charge >= 0.3 is 29.9 Å². The van der Waals surface area contributed by atoms with Gasteiger partial charge in [-0.15, -0.1) is 0 Å². The van der Waals surface area contributed by atoms with Crippen LogP contribution in [-0.4, -0.2) is 35.0 Å². The molecule has 0 amide bonds. The lowest BCUT2D eigenvalue weighted by atomic mass is 10.0. The van der Waals surface area contributed by atoms with Crippen LogP contribution in [0.2, 0.25) is 0 Å². The van der Waals surface area contributed by atoms with Gasteiger partial charge in [0, 0.05) is 0 Å². The van der Waals surface area contributed by atoms with Crippen molar-refractivity contribution in [1.29, 1.82) is 0 Å². The number of nitrogens with two attached hydrogens (primary N) is 1. The highest BCUT2D eigenvalue weighted by Crippen LogP contribution is 2.54. The number of aliphatic hydroxyl groups is 1. The largest absolute Gasteiger partial charge is 0.423 e. The molecule has 3 N–H and O–H groups in total. The van der Waals surface area contributed by atoms with E-state index in [0.717, 1.165) is 0 Å². The van der Waals surface area contributed by atoms with Crippen LogP contribution in [0, 0.1) is 0 Å². The Bertz CT molecular complexity index is 260. The molecule has 0 heterocycles. The lowest BCUT2D eigenvalue weighted by Gasteiger charge is -2.36. The van der Waals surface area contributed by atoms with Gasteiger partial charge in [-0.25, -0.2) is 0 Å². The molecule has 17 heavy (non-hydrogen) atoms. The fourth-order valence-electron chi connectivity index (χ4n) is 0.595. The molecule has 0 aromatic rings. The van der Waals surface area contributed by atoms with E-state index in [9.17, 15) is 43.9 Å². The standard InChI is InChI=1S/C5H3F10NO/c6-1(7,2(8,9)4(12,13)16)3(10,11)5(14,15)17/h17H,16H2. The molecular formula is C5H3F10NO. The summed E-state index contributed by atoms with van der Waals surface area (Å²) in [6.45, 7) is 0. The summed E-state index contributed by atoms with van der Waals surface area (Å²) in [5.74, 6) is -21.4. The predicted octanol–water partition coefficient (Wildman–Crippen LogP) is 2.03. The van der Waals surface area contributed by atoms with Gasteiger partial charge in [-0.2, -0.15) is 43.9 Å². The van der Waals surface area contributed by atoms with E-state index < -0.39 is 29.9 Å². The predicted molar refractivity (Wildman–Crippen MR) is 31.1 cm³/mol. The molecule has 0 radical (unpaired) electrons. The van der Waals surface area contributed by atoms with Crippen LogP contribution in [-0.2, 0) is 0 Å². The quantitative estimate of drug-likeness (QED) is 0.612. The zero-order valence-corrected chi connectivity index (χ0v) is 7.30. The average molecular weight is 283 g/mol. The highest BCUT2D eigenvalue weighted by atomic mass is 19.4. The Morgan fingerprint density at radius 2 is 0.882 bits per heavy atom. The van der Waals surface area contributed by atoms with Gasteiger partial charge in [-0.1, -0.05) is 0 Å². The van der Waals surface area contributed by atoms with Crippen LogP contribution >= 0.6 is 0 Å². The lowest BCUT2D eigenvalue weighted by molar-refractivity contribution is -0.437. The molecule has 0 saturated carbocycles. The van der Waals surface area contributed by atoms with Crippen molar-refractivity contribution in [1.82, 2.24) is 0 Å². The van der Waals surface area contributed by atoms with E-state index in [1.165, 1.54) is 0 Å². The second kappa shape index (κ2) is 3.60. The fourth-order valence-corrected chi connectivity index (χ4v) is 0.595. The van der Waals surface area contributed by atoms with E-state index in [1.807, 2.05) is 0 Å². The molecule has 104 valence electrons. The van der Waals surface area contributed by atoms with Gasteiger partial charge in [0.15, 0.2) is 0 Å². The first kappa shape index (κ1) is 16.2. The zero-order chi connectivity index (χ0) is 14.5. The summed E-state index contributed by atoms with van der Waals surface area (Å²) in [5, 5.41) is 7.33. The molecule has 2 nitrogen and oxygen atoms in total. The molecule has 0 rings (SSSR count). The second-order valence-electron chi connectivity index (χ2n) is 2.89. The zero-order valence-electron chi connectivity index (χ0n) is 7.30. The monoisotopic (exact) mass is 283 g/mol. The third kappa shape index (κ3) is 2.14. The van der Waals surface area contributed by atoms with Crippen LogP contribution in [0.25, 0.3) is 0 Å². The van der Waals surface area contributed by atoms with Crippen molar-refractivity contribution in [2.24, 2.45) is 5.73 Å². The summed E-state index contributed by atoms with van der Waals surface area (Å²) < 4.78 is 120. The maximum absolute atomic E-state index is 12.3. The Morgan fingerprint density at radius 1 is 0.588 bits per heavy atom. The number of halogens is 10. The molecule has 12 heteroatoms. The van der Waals surface area contributed by atoms with Crippen molar-refractivity contribution in [3.63, 3.8) is 0 Å². The van der Waals surface area contributed by atoms with Crippen LogP contribution in [0.15, 0.2) is 0 Å². The van der Waals surface area contributed by atoms with Gasteiger partial charge in [0.25, 0.3) is 0 Å². The van der Waals surface area contributed by atoms with E-state index in [4.69, 9.17) is 5.11 Å². The summed E-state index contributed by atoms with van der Waals surface area (Å²) >= 11 is 0. The highest BCUT2D eigenvalue weighted by Gasteiger charge is 2.86. The maximum Gasteiger partial charge on any atom is 0.423 e. The molecule has 0 spiro atoms. The van der Waals surface area contributed by atoms with Crippen molar-refractivity contribution in [2.75, 3.05) is 0 Å². The first-order chi connectivity index (χ1) is 7.00. The maximum atomic E-state index is 12.3. The van der Waals surface area contributed by atoms with E-state index in [1.54, 1.807) is 0 Å². The van der Waals surface area contributed by atoms with Crippen molar-refractivity contribution >= 4 is 0 Å². The normalized spacial score (nSPS) is 16.2. The Hall–Kier alpha value is -0.780. The molecule has 0 aromatic heterocycles. The summed E-state index contributed by atoms with van der Waals surface area (Å²) in [5.41, 5.74) is 3.22. The van der Waals surface area contributed by atoms with E-state index in [0.29, 0.717) is 0 Å². The van der Waals surface area contributed by atoms with Crippen molar-refractivity contribution in [3.8, 4) is 0 Å². The molecule has 0 aliphatic heterocycles. The van der Waals surface area contributed by atoms with Gasteiger partial charge in [0.2, 0.25) is 0 Å². The number of alkyl halides is 10. The van der Waals surface area contributed by atoms with Crippen LogP contribution in [0.4, 0.5) is 43.9 Å². The van der Waals surface area contributed by atoms with Crippen molar-refractivity contribution < 1.29 is 49.0 Å². The summed E-state index contributed by atoms with van der Waals surface area (Å²) in [4.78, 5) is 0. The minimum Gasteiger partial charge on any atom is -0.331 e. The van der Waals surface area contributed by atoms with E-state index in [-0.39, 0.29) is 0 Å². The summed E-state index contributed by atoms with van der Waals surface area (Å²) in [6.07, 6.45) is -6.65. The SMILES string of the molecule is NC(F)(F)C(F)(F)C(F)(F)C(F)(F)C(O)(F)F. The topological polar surface area (TPSA) is 46.2 Å². The average Bonchev–Trinajstić information content (AvgIpc) is 1.98. The summed E-state index contributed by atoms with van der Waals surface area (Å²) in [6, 6.07) is -6.20. The minimum atomic E-state index is -7.28. The van der Waals surface area contributed by atoms with E-state index >= 15 is 0 Å². The van der Waals surface area contributed by atoms with Gasteiger partial charge < -0.3 is 5.11 Å². The second-order valence-corrected chi connectivity index (χ2v) is 2.89. The first-order valence-electron chi connectivity index (χ1n) is 3.40. The van der Waals surface area contributed by atoms with Gasteiger partial charge in [-0.3, -0.25) is 5.73 Å². The van der Waals surface area contributed by atoms with Gasteiger partial charge in [0.05, 0.1) is 0 Å². The van der Waals surface area contributed by atoms with Crippen molar-refractivity contribution in [3.05, 3.63) is 0 Å². The number of hydrogen-bond acceptors (Lipinski definition) is 2. The number of rotatable bonds is 4. The first-order valence-corrected chi connectivity index (χ1v) is 3.40. The Kier molecular flexibility index (Phi) is 3.44. The molecule has 0 fully saturated rings.